The van der Waals surface area contributed by atoms with Crippen LogP contribution in [-0.4, -0.2) is 51.9 Å². The summed E-state index contributed by atoms with van der Waals surface area (Å²) in [7, 11) is 0. The summed E-state index contributed by atoms with van der Waals surface area (Å²) in [6.07, 6.45) is -1.70. The van der Waals surface area contributed by atoms with Gasteiger partial charge in [0.15, 0.2) is 5.69 Å². The van der Waals surface area contributed by atoms with Crippen molar-refractivity contribution in [2.45, 2.75) is 51.2 Å². The minimum Gasteiger partial charge on any atom is -0.481 e. The Bertz CT molecular complexity index is 1780. The third kappa shape index (κ3) is 6.76. The summed E-state index contributed by atoms with van der Waals surface area (Å²) in [5.41, 5.74) is -0.473. The average Bonchev–Trinajstić information content (AvgIpc) is 3.35. The molecule has 0 aliphatic carbocycles. The number of piperidine rings is 1. The lowest BCUT2D eigenvalue weighted by Crippen LogP contribution is -2.31. The lowest BCUT2D eigenvalue weighted by Gasteiger charge is -2.30. The second kappa shape index (κ2) is 12.2. The summed E-state index contributed by atoms with van der Waals surface area (Å²) in [5, 5.41) is 19.4. The molecular weight excluding hydrogens is 594 g/mol. The maximum Gasteiger partial charge on any atom is 0.408 e. The Morgan fingerprint density at radius 2 is 1.58 bits per heavy atom. The highest BCUT2D eigenvalue weighted by molar-refractivity contribution is 6.13. The fourth-order valence-corrected chi connectivity index (χ4v) is 5.41. The highest BCUT2D eigenvalue weighted by Gasteiger charge is 2.33. The molecule has 13 heteroatoms. The molecule has 0 saturated carbocycles. The predicted octanol–water partition coefficient (Wildman–Crippen LogP) is 6.59. The van der Waals surface area contributed by atoms with Crippen molar-refractivity contribution < 1.29 is 37.1 Å². The van der Waals surface area contributed by atoms with Gasteiger partial charge in [0.25, 0.3) is 11.8 Å². The van der Waals surface area contributed by atoms with E-state index in [0.29, 0.717) is 18.8 Å². The predicted molar refractivity (Wildman–Crippen MR) is 161 cm³/mol. The lowest BCUT2D eigenvalue weighted by molar-refractivity contribution is -0.143. The van der Waals surface area contributed by atoms with Crippen molar-refractivity contribution in [2.24, 2.45) is 0 Å². The van der Waals surface area contributed by atoms with Crippen molar-refractivity contribution in [3.63, 3.8) is 0 Å². The molecule has 1 aliphatic heterocycles. The molecule has 0 unspecified atom stereocenters. The van der Waals surface area contributed by atoms with Crippen molar-refractivity contribution in [2.75, 3.05) is 28.6 Å². The summed E-state index contributed by atoms with van der Waals surface area (Å²) in [4.78, 5) is 41.0. The molecule has 1 aromatic heterocycles. The van der Waals surface area contributed by atoms with Gasteiger partial charge in [0.1, 0.15) is 12.4 Å². The Kier molecular flexibility index (Phi) is 8.55. The van der Waals surface area contributed by atoms with Crippen LogP contribution >= 0.6 is 0 Å². The molecule has 2 amide bonds. The summed E-state index contributed by atoms with van der Waals surface area (Å²) in [5.74, 6) is -3.29. The van der Waals surface area contributed by atoms with Gasteiger partial charge in [0, 0.05) is 29.7 Å². The van der Waals surface area contributed by atoms with Crippen LogP contribution in [0.3, 0.4) is 0 Å². The molecule has 3 N–H and O–H groups in total. The number of fused-ring (bicyclic) bond motifs is 1. The number of aliphatic carboxylic acids is 1. The molecule has 9 nitrogen and oxygen atoms in total. The van der Waals surface area contributed by atoms with Gasteiger partial charge in [0.05, 0.1) is 22.3 Å². The van der Waals surface area contributed by atoms with Gasteiger partial charge in [-0.05, 0) is 81.1 Å². The molecule has 4 aromatic rings. The molecule has 0 radical (unpaired) electrons. The van der Waals surface area contributed by atoms with E-state index in [4.69, 9.17) is 0 Å². The van der Waals surface area contributed by atoms with Gasteiger partial charge in [-0.25, -0.2) is 4.39 Å². The topological polar surface area (TPSA) is 117 Å². The standard InChI is InChI=1S/C32H31F4N5O4/c1-31(2,30(44)45)22-17-20(33)11-12-23(22)37-28(42)19-10-13-26(40-14-6-3-7-15-40)24(16-19)38-29(43)27-21-8-4-5-9-25(21)41(39-27)18-32(34,35)36/h4-5,8-13,16-17H,3,6-7,14-15,18H2,1-2H3,(H,37,42)(H,38,43)(H,44,45). The Labute approximate surface area is 255 Å². The zero-order valence-corrected chi connectivity index (χ0v) is 24.5. The highest BCUT2D eigenvalue weighted by Crippen LogP contribution is 2.34. The van der Waals surface area contributed by atoms with Crippen LogP contribution in [0.2, 0.25) is 0 Å². The second-order valence-electron chi connectivity index (χ2n) is 11.4. The van der Waals surface area contributed by atoms with E-state index in [0.717, 1.165) is 36.1 Å². The van der Waals surface area contributed by atoms with Crippen LogP contribution < -0.4 is 15.5 Å². The van der Waals surface area contributed by atoms with E-state index >= 15 is 0 Å². The van der Waals surface area contributed by atoms with Crippen LogP contribution in [0.15, 0.2) is 60.7 Å². The molecule has 0 spiro atoms. The number of anilines is 3. The van der Waals surface area contributed by atoms with E-state index in [2.05, 4.69) is 20.6 Å². The van der Waals surface area contributed by atoms with Gasteiger partial charge in [-0.1, -0.05) is 18.2 Å². The Morgan fingerprint density at radius 1 is 0.889 bits per heavy atom. The molecular formula is C32H31F4N5O4. The number of carboxylic acids is 1. The first kappa shape index (κ1) is 31.5. The third-order valence-corrected chi connectivity index (χ3v) is 7.84. The van der Waals surface area contributed by atoms with E-state index in [1.165, 1.54) is 38.1 Å². The molecule has 236 valence electrons. The minimum absolute atomic E-state index is 0.0585. The van der Waals surface area contributed by atoms with Crippen molar-refractivity contribution in [1.82, 2.24) is 9.78 Å². The normalized spacial score (nSPS) is 14.0. The Hall–Kier alpha value is -4.94. The monoisotopic (exact) mass is 625 g/mol. The zero-order valence-electron chi connectivity index (χ0n) is 24.5. The van der Waals surface area contributed by atoms with E-state index in [1.54, 1.807) is 24.3 Å². The third-order valence-electron chi connectivity index (χ3n) is 7.84. The number of carboxylic acid groups (broad SMARTS) is 1. The van der Waals surface area contributed by atoms with Gasteiger partial charge < -0.3 is 20.6 Å². The van der Waals surface area contributed by atoms with Crippen molar-refractivity contribution in [1.29, 1.82) is 0 Å². The maximum atomic E-state index is 14.1. The number of nitrogens with zero attached hydrogens (tertiary/aromatic N) is 3. The van der Waals surface area contributed by atoms with Crippen molar-refractivity contribution in [3.8, 4) is 0 Å². The number of aromatic nitrogens is 2. The maximum absolute atomic E-state index is 14.1. The molecule has 3 aromatic carbocycles. The number of amides is 2. The summed E-state index contributed by atoms with van der Waals surface area (Å²) in [6, 6.07) is 14.2. The van der Waals surface area contributed by atoms with Crippen LogP contribution in [0.4, 0.5) is 34.6 Å². The molecule has 2 heterocycles. The van der Waals surface area contributed by atoms with E-state index in [1.807, 2.05) is 0 Å². The Morgan fingerprint density at radius 3 is 2.27 bits per heavy atom. The largest absolute Gasteiger partial charge is 0.481 e. The number of alkyl halides is 3. The Balaban J connectivity index is 1.50. The molecule has 0 bridgehead atoms. The van der Waals surface area contributed by atoms with Crippen LogP contribution in [0.1, 0.15) is 59.5 Å². The van der Waals surface area contributed by atoms with Crippen LogP contribution in [0.25, 0.3) is 10.9 Å². The number of hydrogen-bond donors (Lipinski definition) is 3. The second-order valence-corrected chi connectivity index (χ2v) is 11.4. The average molecular weight is 626 g/mol. The van der Waals surface area contributed by atoms with E-state index < -0.39 is 41.7 Å². The van der Waals surface area contributed by atoms with Gasteiger partial charge in [-0.15, -0.1) is 0 Å². The molecule has 1 saturated heterocycles. The minimum atomic E-state index is -4.56. The fourth-order valence-electron chi connectivity index (χ4n) is 5.41. The first-order chi connectivity index (χ1) is 21.2. The first-order valence-corrected chi connectivity index (χ1v) is 14.3. The number of rotatable bonds is 8. The zero-order chi connectivity index (χ0) is 32.5. The number of carbonyl (C=O) groups excluding carboxylic acids is 2. The quantitative estimate of drug-likeness (QED) is 0.190. The number of carbonyl (C=O) groups is 3. The number of benzene rings is 3. The molecule has 1 fully saturated rings. The SMILES string of the molecule is CC(C)(C(=O)O)c1cc(F)ccc1NC(=O)c1ccc(N2CCCCC2)c(NC(=O)c2nn(CC(F)(F)F)c3ccccc23)c1. The number of para-hydroxylation sites is 1. The number of hydrogen-bond acceptors (Lipinski definition) is 5. The smallest absolute Gasteiger partial charge is 0.408 e. The summed E-state index contributed by atoms with van der Waals surface area (Å²) < 4.78 is 54.6. The molecule has 45 heavy (non-hydrogen) atoms. The number of halogens is 4. The van der Waals surface area contributed by atoms with Crippen LogP contribution in [0.5, 0.6) is 0 Å². The molecule has 0 atom stereocenters. The van der Waals surface area contributed by atoms with Crippen molar-refractivity contribution >= 4 is 45.7 Å². The highest BCUT2D eigenvalue weighted by atomic mass is 19.4. The van der Waals surface area contributed by atoms with Crippen LogP contribution in [0, 0.1) is 5.82 Å². The van der Waals surface area contributed by atoms with Crippen molar-refractivity contribution in [3.05, 3.63) is 83.3 Å². The van der Waals surface area contributed by atoms with E-state index in [-0.39, 0.29) is 39.1 Å². The van der Waals surface area contributed by atoms with Gasteiger partial charge in [-0.2, -0.15) is 18.3 Å². The summed E-state index contributed by atoms with van der Waals surface area (Å²) >= 11 is 0. The lowest BCUT2D eigenvalue weighted by atomic mass is 9.83. The van der Waals surface area contributed by atoms with Gasteiger partial charge in [-0.3, -0.25) is 19.1 Å². The molecule has 5 rings (SSSR count). The van der Waals surface area contributed by atoms with Gasteiger partial charge >= 0.3 is 12.1 Å². The first-order valence-electron chi connectivity index (χ1n) is 14.3. The van der Waals surface area contributed by atoms with Crippen LogP contribution in [-0.2, 0) is 16.8 Å². The number of nitrogens with one attached hydrogen (secondary N) is 2. The fraction of sp³-hybridized carbons (Fsp3) is 0.312. The molecule has 1 aliphatic rings. The summed E-state index contributed by atoms with van der Waals surface area (Å²) in [6.45, 7) is 2.79. The van der Waals surface area contributed by atoms with Gasteiger partial charge in [0.2, 0.25) is 0 Å². The van der Waals surface area contributed by atoms with E-state index in [9.17, 15) is 37.1 Å².